The Balaban J connectivity index is 2.16. The van der Waals surface area contributed by atoms with Crippen LogP contribution in [0.4, 0.5) is 0 Å². The number of rotatable bonds is 12. The summed E-state index contributed by atoms with van der Waals surface area (Å²) >= 11 is 0. The van der Waals surface area contributed by atoms with Crippen LogP contribution in [0.2, 0.25) is 0 Å². The predicted molar refractivity (Wildman–Crippen MR) is 84.8 cm³/mol. The van der Waals surface area contributed by atoms with Crippen molar-refractivity contribution in [1.82, 2.24) is 15.0 Å². The van der Waals surface area contributed by atoms with E-state index in [2.05, 4.69) is 17.2 Å². The van der Waals surface area contributed by atoms with E-state index >= 15 is 0 Å². The molecule has 0 aliphatic heterocycles. The molecule has 0 aliphatic carbocycles. The molecule has 1 N–H and O–H groups in total. The number of hydrogen-bond acceptors (Lipinski definition) is 5. The minimum atomic E-state index is -1.18. The lowest BCUT2D eigenvalue weighted by atomic mass is 10.1. The van der Waals surface area contributed by atoms with Gasteiger partial charge in [-0.15, -0.1) is 5.10 Å². The van der Waals surface area contributed by atoms with E-state index < -0.39 is 11.9 Å². The van der Waals surface area contributed by atoms with E-state index in [1.807, 2.05) is 6.20 Å². The lowest BCUT2D eigenvalue weighted by Crippen LogP contribution is -2.05. The van der Waals surface area contributed by atoms with Gasteiger partial charge in [0, 0.05) is 31.3 Å². The number of carboxylic acid groups (broad SMARTS) is 1. The van der Waals surface area contributed by atoms with E-state index in [1.165, 1.54) is 32.1 Å². The first-order chi connectivity index (χ1) is 11.1. The first-order valence-electron chi connectivity index (χ1n) is 8.08. The van der Waals surface area contributed by atoms with Crippen LogP contribution in [0, 0.1) is 0 Å². The molecule has 0 radical (unpaired) electrons. The molecule has 0 amide bonds. The zero-order valence-electron chi connectivity index (χ0n) is 13.6. The predicted octanol–water partition coefficient (Wildman–Crippen LogP) is 2.37. The summed E-state index contributed by atoms with van der Waals surface area (Å²) in [5.41, 5.74) is 0.756. The highest BCUT2D eigenvalue weighted by Gasteiger charge is 2.03. The van der Waals surface area contributed by atoms with Gasteiger partial charge < -0.3 is 9.84 Å². The van der Waals surface area contributed by atoms with Gasteiger partial charge in [-0.05, 0) is 6.42 Å². The van der Waals surface area contributed by atoms with Crippen LogP contribution in [0.3, 0.4) is 0 Å². The van der Waals surface area contributed by atoms with Crippen molar-refractivity contribution in [2.24, 2.45) is 0 Å². The zero-order chi connectivity index (χ0) is 16.9. The van der Waals surface area contributed by atoms with E-state index in [4.69, 9.17) is 9.84 Å². The lowest BCUT2D eigenvalue weighted by Gasteiger charge is -2.01. The van der Waals surface area contributed by atoms with Crippen molar-refractivity contribution >= 4 is 11.9 Å². The molecule has 0 saturated heterocycles. The van der Waals surface area contributed by atoms with Crippen molar-refractivity contribution in [2.45, 2.75) is 58.4 Å². The van der Waals surface area contributed by atoms with Crippen LogP contribution in [0.15, 0.2) is 18.3 Å². The number of aromatic nitrogens is 3. The van der Waals surface area contributed by atoms with Gasteiger partial charge in [-0.2, -0.15) is 0 Å². The number of hydrogen-bond donors (Lipinski definition) is 1. The second-order valence-corrected chi connectivity index (χ2v) is 5.33. The van der Waals surface area contributed by atoms with Crippen LogP contribution < -0.4 is 0 Å². The largest absolute Gasteiger partial charge is 0.478 e. The fraction of sp³-hybridized carbons (Fsp3) is 0.625. The van der Waals surface area contributed by atoms with Gasteiger partial charge in [-0.1, -0.05) is 44.2 Å². The zero-order valence-corrected chi connectivity index (χ0v) is 13.6. The van der Waals surface area contributed by atoms with Gasteiger partial charge in [0.1, 0.15) is 0 Å². The number of aryl methyl sites for hydroxylation is 1. The first kappa shape index (κ1) is 18.9. The highest BCUT2D eigenvalue weighted by molar-refractivity contribution is 5.90. The molecular weight excluding hydrogens is 298 g/mol. The Bertz CT molecular complexity index is 511. The molecule has 1 aromatic rings. The van der Waals surface area contributed by atoms with Gasteiger partial charge in [0.05, 0.1) is 12.3 Å². The van der Waals surface area contributed by atoms with Crippen molar-refractivity contribution < 1.29 is 19.4 Å². The standard InChI is InChI=1S/C16H25N3O4/c1-2-3-4-5-6-7-11-19-13-14(17-18-19)10-12-23-16(22)9-8-15(20)21/h8-9,13H,2-7,10-12H2,1H3,(H,20,21)/b9-8-. The summed E-state index contributed by atoms with van der Waals surface area (Å²) in [6, 6.07) is 0. The fourth-order valence-electron chi connectivity index (χ4n) is 2.06. The smallest absolute Gasteiger partial charge is 0.331 e. The molecule has 0 bridgehead atoms. The number of esters is 1. The molecular formula is C16H25N3O4. The van der Waals surface area contributed by atoms with Crippen molar-refractivity contribution in [1.29, 1.82) is 0 Å². The summed E-state index contributed by atoms with van der Waals surface area (Å²) in [4.78, 5) is 21.4. The van der Waals surface area contributed by atoms with Gasteiger partial charge in [0.2, 0.25) is 0 Å². The van der Waals surface area contributed by atoms with Crippen molar-refractivity contribution in [3.63, 3.8) is 0 Å². The third-order valence-electron chi connectivity index (χ3n) is 3.29. The highest BCUT2D eigenvalue weighted by atomic mass is 16.5. The molecule has 1 rings (SSSR count). The Morgan fingerprint density at radius 3 is 2.70 bits per heavy atom. The second kappa shape index (κ2) is 11.4. The summed E-state index contributed by atoms with van der Waals surface area (Å²) in [6.45, 7) is 3.20. The first-order valence-corrected chi connectivity index (χ1v) is 8.08. The van der Waals surface area contributed by atoms with Gasteiger partial charge in [-0.3, -0.25) is 4.68 Å². The molecule has 0 atom stereocenters. The number of nitrogens with zero attached hydrogens (tertiary/aromatic N) is 3. The molecule has 23 heavy (non-hydrogen) atoms. The summed E-state index contributed by atoms with van der Waals surface area (Å²) in [5, 5.41) is 16.5. The average molecular weight is 323 g/mol. The van der Waals surface area contributed by atoms with E-state index in [-0.39, 0.29) is 6.61 Å². The molecule has 1 heterocycles. The summed E-state index contributed by atoms with van der Waals surface area (Å²) in [7, 11) is 0. The van der Waals surface area contributed by atoms with Gasteiger partial charge in [-0.25, -0.2) is 9.59 Å². The maximum atomic E-state index is 11.2. The Morgan fingerprint density at radius 2 is 1.96 bits per heavy atom. The minimum Gasteiger partial charge on any atom is -0.478 e. The number of carbonyl (C=O) groups excluding carboxylic acids is 1. The van der Waals surface area contributed by atoms with E-state index in [0.29, 0.717) is 6.42 Å². The summed E-state index contributed by atoms with van der Waals surface area (Å²) in [6.07, 6.45) is 11.3. The summed E-state index contributed by atoms with van der Waals surface area (Å²) < 4.78 is 6.68. The minimum absolute atomic E-state index is 0.151. The monoisotopic (exact) mass is 323 g/mol. The Labute approximate surface area is 136 Å². The number of carboxylic acids is 1. The molecule has 0 aliphatic rings. The number of aliphatic carboxylic acids is 1. The van der Waals surface area contributed by atoms with Crippen LogP contribution >= 0.6 is 0 Å². The maximum Gasteiger partial charge on any atom is 0.331 e. The maximum absolute atomic E-state index is 11.2. The molecule has 0 saturated carbocycles. The van der Waals surface area contributed by atoms with Crippen molar-refractivity contribution in [2.75, 3.05) is 6.61 Å². The van der Waals surface area contributed by atoms with Crippen LogP contribution in [0.1, 0.15) is 51.1 Å². The van der Waals surface area contributed by atoms with Crippen molar-refractivity contribution in [3.05, 3.63) is 24.0 Å². The number of carbonyl (C=O) groups is 2. The Kier molecular flexibility index (Phi) is 9.35. The van der Waals surface area contributed by atoms with Gasteiger partial charge in [0.15, 0.2) is 0 Å². The molecule has 0 aromatic carbocycles. The molecule has 128 valence electrons. The molecule has 1 aromatic heterocycles. The number of unbranched alkanes of at least 4 members (excludes halogenated alkanes) is 5. The third-order valence-corrected chi connectivity index (χ3v) is 3.29. The molecule has 0 spiro atoms. The Morgan fingerprint density at radius 1 is 1.22 bits per heavy atom. The second-order valence-electron chi connectivity index (χ2n) is 5.33. The Hall–Kier alpha value is -2.18. The lowest BCUT2D eigenvalue weighted by molar-refractivity contribution is -0.138. The third kappa shape index (κ3) is 9.44. The van der Waals surface area contributed by atoms with E-state index in [9.17, 15) is 9.59 Å². The molecule has 7 nitrogen and oxygen atoms in total. The van der Waals surface area contributed by atoms with Crippen LogP contribution in [0.5, 0.6) is 0 Å². The van der Waals surface area contributed by atoms with Gasteiger partial charge in [0.25, 0.3) is 0 Å². The van der Waals surface area contributed by atoms with Crippen molar-refractivity contribution in [3.8, 4) is 0 Å². The van der Waals surface area contributed by atoms with E-state index in [0.717, 1.165) is 30.8 Å². The highest BCUT2D eigenvalue weighted by Crippen LogP contribution is 2.06. The molecule has 0 fully saturated rings. The topological polar surface area (TPSA) is 94.3 Å². The van der Waals surface area contributed by atoms with Gasteiger partial charge >= 0.3 is 11.9 Å². The summed E-state index contributed by atoms with van der Waals surface area (Å²) in [5.74, 6) is -1.86. The fourth-order valence-corrected chi connectivity index (χ4v) is 2.06. The number of ether oxygens (including phenoxy) is 1. The average Bonchev–Trinajstić information content (AvgIpc) is 2.96. The molecule has 7 heteroatoms. The normalized spacial score (nSPS) is 11.0. The van der Waals surface area contributed by atoms with E-state index in [1.54, 1.807) is 4.68 Å². The van der Waals surface area contributed by atoms with Crippen LogP contribution in [0.25, 0.3) is 0 Å². The quantitative estimate of drug-likeness (QED) is 0.360. The SMILES string of the molecule is CCCCCCCCn1cc(CCOC(=O)/C=C\C(=O)O)nn1. The van der Waals surface area contributed by atoms with Crippen LogP contribution in [-0.4, -0.2) is 38.6 Å². The molecule has 0 unspecified atom stereocenters. The van der Waals surface area contributed by atoms with Crippen LogP contribution in [-0.2, 0) is 27.3 Å².